The van der Waals surface area contributed by atoms with Crippen LogP contribution in [0.1, 0.15) is 10.4 Å². The van der Waals surface area contributed by atoms with Gasteiger partial charge < -0.3 is 4.42 Å². The molecule has 0 spiro atoms. The highest BCUT2D eigenvalue weighted by atomic mass is 79.9. The Bertz CT molecular complexity index is 853. The molecule has 7 heteroatoms. The van der Waals surface area contributed by atoms with Gasteiger partial charge in [0.2, 0.25) is 0 Å². The van der Waals surface area contributed by atoms with Crippen molar-refractivity contribution in [3.8, 4) is 11.5 Å². The topological polar surface area (TPSA) is 56.0 Å². The molecule has 0 aliphatic rings. The largest absolute Gasteiger partial charge is 0.411 e. The van der Waals surface area contributed by atoms with Crippen molar-refractivity contribution in [3.05, 3.63) is 64.4 Å². The van der Waals surface area contributed by atoms with Gasteiger partial charge in [0.05, 0.1) is 11.3 Å². The first kappa shape index (κ1) is 15.9. The van der Waals surface area contributed by atoms with Gasteiger partial charge in [-0.15, -0.1) is 10.2 Å². The quantitative estimate of drug-likeness (QED) is 0.468. The molecule has 0 aliphatic carbocycles. The molecule has 3 rings (SSSR count). The molecule has 1 heterocycles. The minimum absolute atomic E-state index is 0.0538. The van der Waals surface area contributed by atoms with Gasteiger partial charge in [-0.2, -0.15) is 0 Å². The molecule has 0 amide bonds. The van der Waals surface area contributed by atoms with Crippen molar-refractivity contribution in [1.82, 2.24) is 10.2 Å². The highest BCUT2D eigenvalue weighted by molar-refractivity contribution is 9.10. The molecular formula is C16H10BrFN2O2S. The Labute approximate surface area is 144 Å². The number of carbonyl (C=O) groups is 1. The molecule has 0 atom stereocenters. The summed E-state index contributed by atoms with van der Waals surface area (Å²) >= 11 is 4.45. The van der Waals surface area contributed by atoms with Crippen LogP contribution in [0, 0.1) is 5.82 Å². The molecule has 0 aliphatic heterocycles. The zero-order chi connectivity index (χ0) is 16.2. The van der Waals surface area contributed by atoms with E-state index in [2.05, 4.69) is 26.1 Å². The van der Waals surface area contributed by atoms with Crippen molar-refractivity contribution in [1.29, 1.82) is 0 Å². The van der Waals surface area contributed by atoms with E-state index in [9.17, 15) is 9.18 Å². The number of hydrogen-bond donors (Lipinski definition) is 0. The van der Waals surface area contributed by atoms with E-state index in [0.717, 1.165) is 16.2 Å². The van der Waals surface area contributed by atoms with Gasteiger partial charge in [-0.05, 0) is 24.3 Å². The maximum atomic E-state index is 13.7. The maximum Gasteiger partial charge on any atom is 0.277 e. The predicted octanol–water partition coefficient (Wildman–Crippen LogP) is 4.61. The number of aromatic nitrogens is 2. The van der Waals surface area contributed by atoms with Crippen molar-refractivity contribution in [2.24, 2.45) is 0 Å². The van der Waals surface area contributed by atoms with Gasteiger partial charge in [-0.1, -0.05) is 52.0 Å². The van der Waals surface area contributed by atoms with Crippen molar-refractivity contribution in [2.75, 3.05) is 5.75 Å². The molecule has 3 aromatic rings. The van der Waals surface area contributed by atoms with E-state index < -0.39 is 5.82 Å². The molecule has 0 unspecified atom stereocenters. The summed E-state index contributed by atoms with van der Waals surface area (Å²) in [5, 5.41) is 7.88. The van der Waals surface area contributed by atoms with E-state index in [0.29, 0.717) is 5.56 Å². The maximum absolute atomic E-state index is 13.7. The number of thioether (sulfide) groups is 1. The van der Waals surface area contributed by atoms with E-state index in [1.54, 1.807) is 36.4 Å². The summed E-state index contributed by atoms with van der Waals surface area (Å²) in [7, 11) is 0. The zero-order valence-corrected chi connectivity index (χ0v) is 14.1. The van der Waals surface area contributed by atoms with Crippen molar-refractivity contribution < 1.29 is 13.6 Å². The van der Waals surface area contributed by atoms with Gasteiger partial charge in [0.25, 0.3) is 11.1 Å². The fraction of sp³-hybridized carbons (Fsp3) is 0.0625. The summed E-state index contributed by atoms with van der Waals surface area (Å²) in [4.78, 5) is 12.1. The van der Waals surface area contributed by atoms with Crippen LogP contribution >= 0.6 is 27.7 Å². The lowest BCUT2D eigenvalue weighted by atomic mass is 10.2. The van der Waals surface area contributed by atoms with E-state index in [4.69, 9.17) is 4.42 Å². The normalized spacial score (nSPS) is 10.7. The number of nitrogens with zero attached hydrogens (tertiary/aromatic N) is 2. The van der Waals surface area contributed by atoms with E-state index in [-0.39, 0.29) is 28.2 Å². The average molecular weight is 393 g/mol. The predicted molar refractivity (Wildman–Crippen MR) is 88.9 cm³/mol. The lowest BCUT2D eigenvalue weighted by molar-refractivity contribution is 0.102. The second kappa shape index (κ2) is 7.06. The fourth-order valence-corrected chi connectivity index (χ4v) is 2.94. The van der Waals surface area contributed by atoms with Crippen LogP contribution in [0.2, 0.25) is 0 Å². The number of hydrogen-bond acceptors (Lipinski definition) is 5. The Morgan fingerprint density at radius 2 is 2.00 bits per heavy atom. The second-order valence-electron chi connectivity index (χ2n) is 4.58. The molecule has 2 aromatic carbocycles. The van der Waals surface area contributed by atoms with Crippen LogP contribution in [0.4, 0.5) is 4.39 Å². The summed E-state index contributed by atoms with van der Waals surface area (Å²) in [6.07, 6.45) is 0. The first-order valence-electron chi connectivity index (χ1n) is 6.63. The van der Waals surface area contributed by atoms with Crippen molar-refractivity contribution in [3.63, 3.8) is 0 Å². The van der Waals surface area contributed by atoms with E-state index in [1.807, 2.05) is 6.07 Å². The molecule has 116 valence electrons. The van der Waals surface area contributed by atoms with E-state index in [1.165, 1.54) is 6.07 Å². The Morgan fingerprint density at radius 1 is 1.17 bits per heavy atom. The number of ketones is 1. The Balaban J connectivity index is 1.68. The lowest BCUT2D eigenvalue weighted by Crippen LogP contribution is -2.02. The number of Topliss-reactive ketones (excluding diaryl/α,β-unsaturated/α-hetero) is 1. The summed E-state index contributed by atoms with van der Waals surface area (Å²) in [6.45, 7) is 0. The third-order valence-corrected chi connectivity index (χ3v) is 4.30. The third kappa shape index (κ3) is 3.86. The molecule has 0 N–H and O–H groups in total. The summed E-state index contributed by atoms with van der Waals surface area (Å²) in [5.74, 6) is -0.226. The van der Waals surface area contributed by atoms with Gasteiger partial charge in [-0.3, -0.25) is 4.79 Å². The van der Waals surface area contributed by atoms with Gasteiger partial charge in [0.1, 0.15) is 5.82 Å². The van der Waals surface area contributed by atoms with Crippen molar-refractivity contribution in [2.45, 2.75) is 5.22 Å². The number of rotatable bonds is 5. The molecular weight excluding hydrogens is 383 g/mol. The van der Waals surface area contributed by atoms with Crippen LogP contribution in [0.15, 0.2) is 62.6 Å². The summed E-state index contributed by atoms with van der Waals surface area (Å²) in [6, 6.07) is 13.3. The average Bonchev–Trinajstić information content (AvgIpc) is 3.02. The van der Waals surface area contributed by atoms with E-state index >= 15 is 0 Å². The molecule has 0 bridgehead atoms. The van der Waals surface area contributed by atoms with Gasteiger partial charge in [-0.25, -0.2) is 4.39 Å². The molecule has 1 aromatic heterocycles. The second-order valence-corrected chi connectivity index (χ2v) is 6.42. The van der Waals surface area contributed by atoms with Gasteiger partial charge in [0.15, 0.2) is 5.78 Å². The number of carbonyl (C=O) groups excluding carboxylic acids is 1. The first-order valence-corrected chi connectivity index (χ1v) is 8.41. The smallest absolute Gasteiger partial charge is 0.277 e. The third-order valence-electron chi connectivity index (χ3n) is 2.98. The standard InChI is InChI=1S/C16H10BrFN2O2S/c17-11-5-3-4-10(8-11)14(21)9-23-16-20-19-15(22-16)12-6-1-2-7-13(12)18/h1-8H,9H2. The number of halogens is 2. The monoisotopic (exact) mass is 392 g/mol. The van der Waals surface area contributed by atoms with Crippen molar-refractivity contribution >= 4 is 33.5 Å². The highest BCUT2D eigenvalue weighted by Crippen LogP contribution is 2.25. The molecule has 23 heavy (non-hydrogen) atoms. The van der Waals surface area contributed by atoms with Crippen LogP contribution < -0.4 is 0 Å². The molecule has 0 radical (unpaired) electrons. The minimum atomic E-state index is -0.432. The molecule has 0 saturated heterocycles. The SMILES string of the molecule is O=C(CSc1nnc(-c2ccccc2F)o1)c1cccc(Br)c1. The Morgan fingerprint density at radius 3 is 2.78 bits per heavy atom. The van der Waals surface area contributed by atoms with Crippen LogP contribution in [-0.4, -0.2) is 21.7 Å². The molecule has 4 nitrogen and oxygen atoms in total. The lowest BCUT2D eigenvalue weighted by Gasteiger charge is -1.99. The van der Waals surface area contributed by atoms with Crippen LogP contribution in [-0.2, 0) is 0 Å². The van der Waals surface area contributed by atoms with Crippen LogP contribution in [0.5, 0.6) is 0 Å². The van der Waals surface area contributed by atoms with Gasteiger partial charge >= 0.3 is 0 Å². The zero-order valence-electron chi connectivity index (χ0n) is 11.7. The minimum Gasteiger partial charge on any atom is -0.411 e. The number of benzene rings is 2. The molecule has 0 fully saturated rings. The summed E-state index contributed by atoms with van der Waals surface area (Å²) in [5.41, 5.74) is 0.839. The van der Waals surface area contributed by atoms with Crippen LogP contribution in [0.3, 0.4) is 0 Å². The van der Waals surface area contributed by atoms with Crippen LogP contribution in [0.25, 0.3) is 11.5 Å². The highest BCUT2D eigenvalue weighted by Gasteiger charge is 2.14. The first-order chi connectivity index (χ1) is 11.1. The Hall–Kier alpha value is -1.99. The fourth-order valence-electron chi connectivity index (χ4n) is 1.88. The summed E-state index contributed by atoms with van der Waals surface area (Å²) < 4.78 is 19.9. The van der Waals surface area contributed by atoms with Gasteiger partial charge in [0, 0.05) is 10.0 Å². The Kier molecular flexibility index (Phi) is 4.88. The molecule has 0 saturated carbocycles.